The van der Waals surface area contributed by atoms with Crippen LogP contribution >= 0.6 is 0 Å². The number of methoxy groups -OCH3 is 1. The highest BCUT2D eigenvalue weighted by Crippen LogP contribution is 2.12. The van der Waals surface area contributed by atoms with Gasteiger partial charge in [-0.25, -0.2) is 10.2 Å². The first-order valence-electron chi connectivity index (χ1n) is 8.01. The van der Waals surface area contributed by atoms with Gasteiger partial charge < -0.3 is 9.47 Å². The summed E-state index contributed by atoms with van der Waals surface area (Å²) in [4.78, 5) is 25.0. The number of ether oxygens (including phenoxy) is 2. The van der Waals surface area contributed by atoms with Crippen LogP contribution in [0.1, 0.15) is 24.8 Å². The Morgan fingerprint density at radius 3 is 2.83 bits per heavy atom. The highest BCUT2D eigenvalue weighted by Gasteiger charge is 2.13. The van der Waals surface area contributed by atoms with E-state index < -0.39 is 5.97 Å². The zero-order chi connectivity index (χ0) is 17.2. The molecular weight excluding hydrogens is 310 g/mol. The Kier molecular flexibility index (Phi) is 7.22. The minimum Gasteiger partial charge on any atom is -0.482 e. The second kappa shape index (κ2) is 9.67. The first-order chi connectivity index (χ1) is 11.7. The summed E-state index contributed by atoms with van der Waals surface area (Å²) in [5.74, 6) is -0.0331. The van der Waals surface area contributed by atoms with Crippen molar-refractivity contribution in [2.24, 2.45) is 5.10 Å². The molecule has 0 aliphatic carbocycles. The molecule has 0 bridgehead atoms. The van der Waals surface area contributed by atoms with Crippen LogP contribution in [0.25, 0.3) is 0 Å². The van der Waals surface area contributed by atoms with Crippen molar-refractivity contribution in [1.29, 1.82) is 0 Å². The van der Waals surface area contributed by atoms with Gasteiger partial charge in [0.25, 0.3) is 5.91 Å². The molecule has 7 nitrogen and oxygen atoms in total. The fraction of sp³-hybridized carbons (Fsp3) is 0.471. The number of carbonyl (C=O) groups excluding carboxylic acids is 2. The number of hydrogen-bond donors (Lipinski definition) is 1. The molecule has 0 unspecified atom stereocenters. The van der Waals surface area contributed by atoms with Gasteiger partial charge in [0.15, 0.2) is 6.61 Å². The maximum Gasteiger partial charge on any atom is 0.343 e. The molecule has 130 valence electrons. The van der Waals surface area contributed by atoms with Crippen LogP contribution in [0.4, 0.5) is 0 Å². The van der Waals surface area contributed by atoms with Gasteiger partial charge in [-0.05, 0) is 43.6 Å². The normalized spacial score (nSPS) is 15.2. The van der Waals surface area contributed by atoms with E-state index >= 15 is 0 Å². The topological polar surface area (TPSA) is 80.2 Å². The largest absolute Gasteiger partial charge is 0.482 e. The molecule has 1 amide bonds. The second-order valence-corrected chi connectivity index (χ2v) is 5.57. The molecule has 7 heteroatoms. The maximum absolute atomic E-state index is 11.8. The monoisotopic (exact) mass is 333 g/mol. The summed E-state index contributed by atoms with van der Waals surface area (Å²) in [6.45, 7) is 2.16. The summed E-state index contributed by atoms with van der Waals surface area (Å²) in [6, 6.07) is 7.06. The van der Waals surface area contributed by atoms with Gasteiger partial charge in [-0.3, -0.25) is 9.69 Å². The number of carbonyl (C=O) groups is 2. The van der Waals surface area contributed by atoms with Crippen molar-refractivity contribution in [3.05, 3.63) is 29.8 Å². The van der Waals surface area contributed by atoms with Crippen LogP contribution in [0, 0.1) is 0 Å². The molecule has 1 fully saturated rings. The lowest BCUT2D eigenvalue weighted by Crippen LogP contribution is -2.38. The van der Waals surface area contributed by atoms with E-state index in [0.29, 0.717) is 12.3 Å². The smallest absolute Gasteiger partial charge is 0.343 e. The Bertz CT molecular complexity index is 583. The molecule has 0 radical (unpaired) electrons. The zero-order valence-electron chi connectivity index (χ0n) is 13.9. The third-order valence-corrected chi connectivity index (χ3v) is 3.66. The number of likely N-dealkylation sites (tertiary alicyclic amines) is 1. The molecule has 1 aliphatic rings. The maximum atomic E-state index is 11.8. The minimum atomic E-state index is -0.445. The highest BCUT2D eigenvalue weighted by molar-refractivity contribution is 5.83. The molecule has 1 heterocycles. The van der Waals surface area contributed by atoms with E-state index in [4.69, 9.17) is 4.74 Å². The van der Waals surface area contributed by atoms with Crippen LogP contribution < -0.4 is 10.2 Å². The summed E-state index contributed by atoms with van der Waals surface area (Å²) in [5, 5.41) is 3.96. The van der Waals surface area contributed by atoms with Gasteiger partial charge in [0.05, 0.1) is 19.9 Å². The van der Waals surface area contributed by atoms with E-state index in [1.54, 1.807) is 24.4 Å². The molecule has 1 aromatic rings. The average Bonchev–Trinajstić information content (AvgIpc) is 2.61. The summed E-state index contributed by atoms with van der Waals surface area (Å²) in [5.41, 5.74) is 3.29. The minimum absolute atomic E-state index is 0.119. The fourth-order valence-corrected chi connectivity index (χ4v) is 2.42. The number of nitrogens with one attached hydrogen (secondary N) is 1. The zero-order valence-corrected chi connectivity index (χ0v) is 13.9. The molecule has 0 saturated carbocycles. The van der Waals surface area contributed by atoms with Gasteiger partial charge >= 0.3 is 5.97 Å². The number of rotatable bonds is 7. The van der Waals surface area contributed by atoms with Crippen molar-refractivity contribution < 1.29 is 19.1 Å². The predicted octanol–water partition coefficient (Wildman–Crippen LogP) is 1.17. The van der Waals surface area contributed by atoms with E-state index in [1.165, 1.54) is 13.5 Å². The first kappa shape index (κ1) is 17.9. The van der Waals surface area contributed by atoms with Gasteiger partial charge in [-0.15, -0.1) is 0 Å². The van der Waals surface area contributed by atoms with Crippen LogP contribution in [0.5, 0.6) is 5.75 Å². The lowest BCUT2D eigenvalue weighted by atomic mass is 10.1. The Labute approximate surface area is 141 Å². The molecule has 0 spiro atoms. The number of benzene rings is 1. The first-order valence-corrected chi connectivity index (χ1v) is 8.01. The van der Waals surface area contributed by atoms with Gasteiger partial charge in [0, 0.05) is 0 Å². The summed E-state index contributed by atoms with van der Waals surface area (Å²) >= 11 is 0. The lowest BCUT2D eigenvalue weighted by Gasteiger charge is -2.25. The Morgan fingerprint density at radius 2 is 2.08 bits per heavy atom. The summed E-state index contributed by atoms with van der Waals surface area (Å²) < 4.78 is 9.81. The number of esters is 1. The van der Waals surface area contributed by atoms with Gasteiger partial charge in [-0.2, -0.15) is 5.10 Å². The molecule has 24 heavy (non-hydrogen) atoms. The molecule has 1 N–H and O–H groups in total. The van der Waals surface area contributed by atoms with E-state index in [2.05, 4.69) is 20.2 Å². The number of hydrogen-bond acceptors (Lipinski definition) is 6. The van der Waals surface area contributed by atoms with Crippen LogP contribution in [0.2, 0.25) is 0 Å². The molecule has 1 saturated heterocycles. The lowest BCUT2D eigenvalue weighted by molar-refractivity contribution is -0.142. The third kappa shape index (κ3) is 6.37. The van der Waals surface area contributed by atoms with Gasteiger partial charge in [0.1, 0.15) is 5.75 Å². The Hall–Kier alpha value is -2.41. The fourth-order valence-electron chi connectivity index (χ4n) is 2.42. The van der Waals surface area contributed by atoms with E-state index in [9.17, 15) is 9.59 Å². The molecule has 1 aromatic carbocycles. The number of nitrogens with zero attached hydrogens (tertiary/aromatic N) is 2. The van der Waals surface area contributed by atoms with Crippen molar-refractivity contribution in [2.75, 3.05) is 33.4 Å². The summed E-state index contributed by atoms with van der Waals surface area (Å²) in [7, 11) is 1.31. The predicted molar refractivity (Wildman–Crippen MR) is 90.0 cm³/mol. The van der Waals surface area contributed by atoms with Crippen LogP contribution in [-0.4, -0.2) is 56.3 Å². The Balaban J connectivity index is 1.78. The summed E-state index contributed by atoms with van der Waals surface area (Å²) in [6.07, 6.45) is 5.08. The third-order valence-electron chi connectivity index (χ3n) is 3.66. The van der Waals surface area contributed by atoms with Crippen LogP contribution in [0.3, 0.4) is 0 Å². The SMILES string of the molecule is COC(=O)COc1cccc(/C=N\NC(=O)CN2CCCCC2)c1. The molecule has 1 aliphatic heterocycles. The van der Waals surface area contributed by atoms with Crippen LogP contribution in [-0.2, 0) is 14.3 Å². The number of piperidine rings is 1. The standard InChI is InChI=1S/C17H23N3O4/c1-23-17(22)13-24-15-7-5-6-14(10-15)11-18-19-16(21)12-20-8-3-2-4-9-20/h5-7,10-11H,2-4,8-9,12-13H2,1H3,(H,19,21)/b18-11-. The molecule has 0 aromatic heterocycles. The van der Waals surface area contributed by atoms with E-state index in [1.807, 2.05) is 6.07 Å². The van der Waals surface area contributed by atoms with Gasteiger partial charge in [0.2, 0.25) is 0 Å². The van der Waals surface area contributed by atoms with E-state index in [-0.39, 0.29) is 12.5 Å². The number of hydrazone groups is 1. The molecular formula is C17H23N3O4. The van der Waals surface area contributed by atoms with E-state index in [0.717, 1.165) is 31.5 Å². The van der Waals surface area contributed by atoms with Crippen molar-refractivity contribution >= 4 is 18.1 Å². The van der Waals surface area contributed by atoms with Crippen molar-refractivity contribution in [3.8, 4) is 5.75 Å². The number of amides is 1. The quantitative estimate of drug-likeness (QED) is 0.460. The van der Waals surface area contributed by atoms with Crippen molar-refractivity contribution in [2.45, 2.75) is 19.3 Å². The second-order valence-electron chi connectivity index (χ2n) is 5.57. The van der Waals surface area contributed by atoms with Crippen molar-refractivity contribution in [3.63, 3.8) is 0 Å². The average molecular weight is 333 g/mol. The van der Waals surface area contributed by atoms with Crippen LogP contribution in [0.15, 0.2) is 29.4 Å². The molecule has 2 rings (SSSR count). The molecule has 0 atom stereocenters. The van der Waals surface area contributed by atoms with Crippen molar-refractivity contribution in [1.82, 2.24) is 10.3 Å². The van der Waals surface area contributed by atoms with Gasteiger partial charge in [-0.1, -0.05) is 18.6 Å². The highest BCUT2D eigenvalue weighted by atomic mass is 16.6. The Morgan fingerprint density at radius 1 is 1.29 bits per heavy atom.